The summed E-state index contributed by atoms with van der Waals surface area (Å²) in [5.41, 5.74) is 0.331. The van der Waals surface area contributed by atoms with Crippen molar-refractivity contribution < 1.29 is 9.90 Å². The molecular formula is C7H15ClO2Si. The average Bonchev–Trinajstić information content (AvgIpc) is 1.88. The lowest BCUT2D eigenvalue weighted by Gasteiger charge is -2.25. The number of alkyl halides is 1. The fourth-order valence-corrected chi connectivity index (χ4v) is 3.67. The maximum absolute atomic E-state index is 10.7. The molecule has 0 aromatic heterocycles. The summed E-state index contributed by atoms with van der Waals surface area (Å²) >= 11 is 5.71. The molecule has 0 fully saturated rings. The van der Waals surface area contributed by atoms with Crippen molar-refractivity contribution in [3.8, 4) is 0 Å². The molecule has 1 unspecified atom stereocenters. The predicted octanol–water partition coefficient (Wildman–Crippen LogP) is 2.34. The first kappa shape index (κ1) is 11.0. The molecule has 4 heteroatoms. The minimum Gasteiger partial charge on any atom is -0.481 e. The molecule has 0 bridgehead atoms. The third-order valence-corrected chi connectivity index (χ3v) is 7.29. The van der Waals surface area contributed by atoms with Crippen LogP contribution in [-0.4, -0.2) is 24.7 Å². The van der Waals surface area contributed by atoms with Crippen molar-refractivity contribution in [1.82, 2.24) is 0 Å². The van der Waals surface area contributed by atoms with Crippen LogP contribution in [0.1, 0.15) is 13.3 Å². The van der Waals surface area contributed by atoms with E-state index in [-0.39, 0.29) is 5.54 Å². The highest BCUT2D eigenvalue weighted by molar-refractivity contribution is 6.86. The summed E-state index contributed by atoms with van der Waals surface area (Å²) in [7, 11) is -1.70. The van der Waals surface area contributed by atoms with E-state index in [1.54, 1.807) is 0 Å². The molecular weight excluding hydrogens is 180 g/mol. The van der Waals surface area contributed by atoms with Crippen LogP contribution in [0.2, 0.25) is 18.6 Å². The fourth-order valence-electron chi connectivity index (χ4n) is 1.15. The number of hydrogen-bond donors (Lipinski definition) is 1. The summed E-state index contributed by atoms with van der Waals surface area (Å²) < 4.78 is 0. The van der Waals surface area contributed by atoms with Crippen LogP contribution < -0.4 is 0 Å². The minimum atomic E-state index is -1.70. The summed E-state index contributed by atoms with van der Waals surface area (Å²) in [6.07, 6.45) is 0.696. The second-order valence-corrected chi connectivity index (χ2v) is 9.16. The highest BCUT2D eigenvalue weighted by atomic mass is 35.5. The lowest BCUT2D eigenvalue weighted by atomic mass is 10.3. The highest BCUT2D eigenvalue weighted by Gasteiger charge is 2.34. The molecule has 2 nitrogen and oxygen atoms in total. The maximum atomic E-state index is 10.7. The molecule has 0 amide bonds. The van der Waals surface area contributed by atoms with E-state index in [2.05, 4.69) is 0 Å². The van der Waals surface area contributed by atoms with Crippen LogP contribution in [0, 0.1) is 0 Å². The monoisotopic (exact) mass is 194 g/mol. The molecule has 0 heterocycles. The van der Waals surface area contributed by atoms with Crippen molar-refractivity contribution in [3.05, 3.63) is 0 Å². The van der Waals surface area contributed by atoms with E-state index >= 15 is 0 Å². The molecule has 0 saturated carbocycles. The zero-order valence-electron chi connectivity index (χ0n) is 7.22. The Hall–Kier alpha value is -0.0231. The van der Waals surface area contributed by atoms with Crippen molar-refractivity contribution in [1.29, 1.82) is 0 Å². The number of aliphatic carboxylic acids is 1. The highest BCUT2D eigenvalue weighted by Crippen LogP contribution is 2.26. The van der Waals surface area contributed by atoms with Gasteiger partial charge in [-0.1, -0.05) is 20.0 Å². The third kappa shape index (κ3) is 2.83. The standard InChI is InChI=1S/C7H15ClO2Si/c1-4-6(7(9)10)11(2,3)5-8/h6H,4-5H2,1-3H3,(H,9,10). The summed E-state index contributed by atoms with van der Waals surface area (Å²) in [6, 6.07) is 0. The number of halogens is 1. The van der Waals surface area contributed by atoms with Gasteiger partial charge in [0.25, 0.3) is 0 Å². The van der Waals surface area contributed by atoms with E-state index in [4.69, 9.17) is 16.7 Å². The largest absolute Gasteiger partial charge is 0.481 e. The van der Waals surface area contributed by atoms with Crippen LogP contribution in [0.5, 0.6) is 0 Å². The summed E-state index contributed by atoms with van der Waals surface area (Å²) in [4.78, 5) is 10.7. The van der Waals surface area contributed by atoms with Gasteiger partial charge in [-0.05, 0) is 6.42 Å². The van der Waals surface area contributed by atoms with Gasteiger partial charge in [0.15, 0.2) is 0 Å². The Bertz CT molecular complexity index is 147. The predicted molar refractivity (Wildman–Crippen MR) is 49.9 cm³/mol. The van der Waals surface area contributed by atoms with Gasteiger partial charge in [-0.3, -0.25) is 4.79 Å². The van der Waals surface area contributed by atoms with Crippen LogP contribution in [-0.2, 0) is 4.79 Å². The van der Waals surface area contributed by atoms with Crippen molar-refractivity contribution in [3.63, 3.8) is 0 Å². The van der Waals surface area contributed by atoms with Gasteiger partial charge in [-0.25, -0.2) is 0 Å². The van der Waals surface area contributed by atoms with Gasteiger partial charge >= 0.3 is 5.97 Å². The van der Waals surface area contributed by atoms with Gasteiger partial charge in [0.2, 0.25) is 0 Å². The first-order valence-corrected chi connectivity index (χ1v) is 7.56. The molecule has 0 aliphatic carbocycles. The number of hydrogen-bond acceptors (Lipinski definition) is 1. The molecule has 0 aliphatic rings. The lowest BCUT2D eigenvalue weighted by molar-refractivity contribution is -0.137. The molecule has 0 radical (unpaired) electrons. The van der Waals surface area contributed by atoms with Gasteiger partial charge in [0.05, 0.1) is 13.6 Å². The van der Waals surface area contributed by atoms with Crippen molar-refractivity contribution in [2.45, 2.75) is 32.0 Å². The Balaban J connectivity index is 4.36. The molecule has 0 aromatic carbocycles. The molecule has 0 rings (SSSR count). The Morgan fingerprint density at radius 1 is 1.64 bits per heavy atom. The zero-order valence-corrected chi connectivity index (χ0v) is 8.98. The molecule has 0 aromatic rings. The molecule has 1 atom stereocenters. The van der Waals surface area contributed by atoms with E-state index < -0.39 is 14.0 Å². The lowest BCUT2D eigenvalue weighted by Crippen LogP contribution is -2.39. The second kappa shape index (κ2) is 4.12. The van der Waals surface area contributed by atoms with E-state index in [0.717, 1.165) is 0 Å². The molecule has 0 saturated heterocycles. The Morgan fingerprint density at radius 3 is 2.18 bits per heavy atom. The van der Waals surface area contributed by atoms with Gasteiger partial charge in [-0.15, -0.1) is 11.6 Å². The summed E-state index contributed by atoms with van der Waals surface area (Å²) in [5.74, 6) is -0.690. The molecule has 0 spiro atoms. The first-order chi connectivity index (χ1) is 4.95. The molecule has 1 N–H and O–H groups in total. The van der Waals surface area contributed by atoms with E-state index in [0.29, 0.717) is 11.9 Å². The van der Waals surface area contributed by atoms with Crippen LogP contribution >= 0.6 is 11.6 Å². The van der Waals surface area contributed by atoms with Gasteiger partial charge in [-0.2, -0.15) is 0 Å². The first-order valence-electron chi connectivity index (χ1n) is 3.74. The number of rotatable bonds is 4. The van der Waals surface area contributed by atoms with Crippen LogP contribution in [0.15, 0.2) is 0 Å². The Morgan fingerprint density at radius 2 is 2.09 bits per heavy atom. The third-order valence-electron chi connectivity index (χ3n) is 1.99. The molecule has 11 heavy (non-hydrogen) atoms. The fraction of sp³-hybridized carbons (Fsp3) is 0.857. The minimum absolute atomic E-state index is 0.194. The van der Waals surface area contributed by atoms with Crippen LogP contribution in [0.4, 0.5) is 0 Å². The maximum Gasteiger partial charge on any atom is 0.303 e. The average molecular weight is 195 g/mol. The number of carbonyl (C=O) groups is 1. The SMILES string of the molecule is CCC(C(=O)O)[Si](C)(C)CCl. The smallest absolute Gasteiger partial charge is 0.303 e. The Kier molecular flexibility index (Phi) is 4.11. The summed E-state index contributed by atoms with van der Waals surface area (Å²) in [6.45, 7) is 5.94. The second-order valence-electron chi connectivity index (χ2n) is 3.42. The molecule has 0 aliphatic heterocycles. The van der Waals surface area contributed by atoms with Gasteiger partial charge < -0.3 is 5.11 Å². The number of carboxylic acid groups (broad SMARTS) is 1. The quantitative estimate of drug-likeness (QED) is 0.551. The van der Waals surface area contributed by atoms with Crippen LogP contribution in [0.25, 0.3) is 0 Å². The number of carboxylic acids is 1. The topological polar surface area (TPSA) is 37.3 Å². The van der Waals surface area contributed by atoms with E-state index in [1.165, 1.54) is 0 Å². The van der Waals surface area contributed by atoms with E-state index in [1.807, 2.05) is 20.0 Å². The van der Waals surface area contributed by atoms with Crippen molar-refractivity contribution >= 4 is 25.6 Å². The van der Waals surface area contributed by atoms with Crippen LogP contribution in [0.3, 0.4) is 0 Å². The van der Waals surface area contributed by atoms with Gasteiger partial charge in [0.1, 0.15) is 0 Å². The summed E-state index contributed by atoms with van der Waals surface area (Å²) in [5, 5.41) is 8.82. The zero-order chi connectivity index (χ0) is 9.07. The molecule has 66 valence electrons. The van der Waals surface area contributed by atoms with Gasteiger partial charge in [0, 0.05) is 5.50 Å². The van der Waals surface area contributed by atoms with Crippen molar-refractivity contribution in [2.75, 3.05) is 5.50 Å². The normalized spacial score (nSPS) is 14.5. The Labute approximate surface area is 73.6 Å². The van der Waals surface area contributed by atoms with E-state index in [9.17, 15) is 4.79 Å². The van der Waals surface area contributed by atoms with Crippen molar-refractivity contribution in [2.24, 2.45) is 0 Å².